The quantitative estimate of drug-likeness (QED) is 0.383. The Morgan fingerprint density at radius 3 is 2.53 bits per heavy atom. The fourth-order valence-corrected chi connectivity index (χ4v) is 3.32. The normalized spacial score (nSPS) is 11.0. The molecule has 0 bridgehead atoms. The van der Waals surface area contributed by atoms with E-state index in [9.17, 15) is 4.79 Å². The Labute approximate surface area is 187 Å². The number of alkyl carbamates (subject to hydrolysis) is 1. The minimum absolute atomic E-state index is 0.365. The molecule has 1 aromatic heterocycles. The molecule has 0 radical (unpaired) electrons. The van der Waals surface area contributed by atoms with E-state index in [1.54, 1.807) is 0 Å². The standard InChI is InChI=1S/C22H26BrN3O2.C2H6/c1-22(2,3)28-21(27)24-11-5-4-6-20-25-14-19(26-20)17-8-7-16-13-18(23)10-9-15(16)12-17;1-2/h7-10,12-14H,4-6,11H2,1-3H3,(H,24,27)(H,25,26);1-2H3. The highest BCUT2D eigenvalue weighted by atomic mass is 79.9. The van der Waals surface area contributed by atoms with Crippen molar-refractivity contribution in [3.05, 3.63) is 52.9 Å². The predicted octanol–water partition coefficient (Wildman–Crippen LogP) is 6.87. The second kappa shape index (κ2) is 11.2. The third kappa shape index (κ3) is 7.48. The number of nitrogens with zero attached hydrogens (tertiary/aromatic N) is 1. The minimum Gasteiger partial charge on any atom is -0.444 e. The van der Waals surface area contributed by atoms with Crippen LogP contribution in [-0.2, 0) is 11.2 Å². The minimum atomic E-state index is -0.464. The van der Waals surface area contributed by atoms with Crippen LogP contribution in [0.15, 0.2) is 47.1 Å². The number of ether oxygens (including phenoxy) is 1. The average Bonchev–Trinajstić information content (AvgIpc) is 3.16. The van der Waals surface area contributed by atoms with Crippen molar-refractivity contribution >= 4 is 32.8 Å². The molecule has 0 atom stereocenters. The molecule has 0 aliphatic heterocycles. The molecule has 2 N–H and O–H groups in total. The number of hydrogen-bond donors (Lipinski definition) is 2. The molecule has 0 spiro atoms. The number of aromatic nitrogens is 2. The molecule has 3 rings (SSSR count). The first-order valence-corrected chi connectivity index (χ1v) is 11.3. The van der Waals surface area contributed by atoms with Gasteiger partial charge >= 0.3 is 6.09 Å². The number of fused-ring (bicyclic) bond motifs is 1. The van der Waals surface area contributed by atoms with Crippen LogP contribution in [0.1, 0.15) is 53.3 Å². The van der Waals surface area contributed by atoms with Crippen LogP contribution < -0.4 is 5.32 Å². The van der Waals surface area contributed by atoms with Crippen LogP contribution >= 0.6 is 15.9 Å². The van der Waals surface area contributed by atoms with Crippen molar-refractivity contribution in [1.82, 2.24) is 15.3 Å². The Hall–Kier alpha value is -2.34. The van der Waals surface area contributed by atoms with Crippen molar-refractivity contribution in [3.63, 3.8) is 0 Å². The zero-order valence-corrected chi connectivity index (χ0v) is 20.1. The van der Waals surface area contributed by atoms with E-state index in [0.717, 1.165) is 40.8 Å². The molecule has 2 aromatic carbocycles. The van der Waals surface area contributed by atoms with Crippen molar-refractivity contribution in [2.45, 2.75) is 59.5 Å². The Kier molecular flexibility index (Phi) is 8.90. The molecular weight excluding hydrogens is 442 g/mol. The number of benzene rings is 2. The Bertz CT molecular complexity index is 960. The molecule has 0 saturated heterocycles. The van der Waals surface area contributed by atoms with Gasteiger partial charge in [0.2, 0.25) is 0 Å². The van der Waals surface area contributed by atoms with Gasteiger partial charge in [0.25, 0.3) is 0 Å². The molecule has 5 nitrogen and oxygen atoms in total. The highest BCUT2D eigenvalue weighted by Gasteiger charge is 2.15. The monoisotopic (exact) mass is 473 g/mol. The van der Waals surface area contributed by atoms with E-state index < -0.39 is 5.60 Å². The van der Waals surface area contributed by atoms with Gasteiger partial charge in [0, 0.05) is 23.0 Å². The molecule has 1 amide bonds. The summed E-state index contributed by atoms with van der Waals surface area (Å²) in [5.41, 5.74) is 1.68. The topological polar surface area (TPSA) is 67.0 Å². The van der Waals surface area contributed by atoms with Gasteiger partial charge < -0.3 is 15.0 Å². The maximum Gasteiger partial charge on any atom is 0.407 e. The summed E-state index contributed by atoms with van der Waals surface area (Å²) in [5, 5.41) is 5.19. The van der Waals surface area contributed by atoms with Crippen LogP contribution in [0.2, 0.25) is 0 Å². The second-order valence-corrected chi connectivity index (χ2v) is 8.75. The first-order chi connectivity index (χ1) is 14.3. The first-order valence-electron chi connectivity index (χ1n) is 10.5. The Morgan fingerprint density at radius 2 is 1.80 bits per heavy atom. The van der Waals surface area contributed by atoms with Crippen molar-refractivity contribution in [3.8, 4) is 11.3 Å². The molecule has 0 fully saturated rings. The fourth-order valence-electron chi connectivity index (χ4n) is 2.94. The second-order valence-electron chi connectivity index (χ2n) is 7.84. The van der Waals surface area contributed by atoms with Crippen molar-refractivity contribution in [2.24, 2.45) is 0 Å². The number of aryl methyl sites for hydroxylation is 1. The Balaban J connectivity index is 0.00000155. The van der Waals surface area contributed by atoms with Crippen molar-refractivity contribution < 1.29 is 9.53 Å². The summed E-state index contributed by atoms with van der Waals surface area (Å²) in [7, 11) is 0. The van der Waals surface area contributed by atoms with E-state index >= 15 is 0 Å². The summed E-state index contributed by atoms with van der Waals surface area (Å²) in [5.74, 6) is 0.961. The molecule has 6 heteroatoms. The van der Waals surface area contributed by atoms with E-state index in [1.807, 2.05) is 40.8 Å². The lowest BCUT2D eigenvalue weighted by molar-refractivity contribution is 0.0527. The lowest BCUT2D eigenvalue weighted by Crippen LogP contribution is -2.33. The number of imidazole rings is 1. The van der Waals surface area contributed by atoms with E-state index in [4.69, 9.17) is 4.74 Å². The van der Waals surface area contributed by atoms with E-state index in [0.29, 0.717) is 6.54 Å². The lowest BCUT2D eigenvalue weighted by atomic mass is 10.1. The third-order valence-corrected chi connectivity index (χ3v) is 4.74. The third-order valence-electron chi connectivity index (χ3n) is 4.25. The molecular formula is C24H32BrN3O2. The molecule has 0 saturated carbocycles. The van der Waals surface area contributed by atoms with E-state index in [1.165, 1.54) is 10.8 Å². The molecule has 0 aliphatic carbocycles. The molecule has 0 unspecified atom stereocenters. The highest BCUT2D eigenvalue weighted by molar-refractivity contribution is 9.10. The molecule has 162 valence electrons. The number of aromatic amines is 1. The van der Waals surface area contributed by atoms with Gasteiger partial charge in [-0.15, -0.1) is 0 Å². The van der Waals surface area contributed by atoms with Gasteiger partial charge in [-0.25, -0.2) is 9.78 Å². The maximum absolute atomic E-state index is 11.6. The van der Waals surface area contributed by atoms with Crippen LogP contribution in [0.5, 0.6) is 0 Å². The summed E-state index contributed by atoms with van der Waals surface area (Å²) >= 11 is 3.51. The van der Waals surface area contributed by atoms with E-state index in [2.05, 4.69) is 67.6 Å². The summed E-state index contributed by atoms with van der Waals surface area (Å²) in [4.78, 5) is 19.5. The largest absolute Gasteiger partial charge is 0.444 e. The van der Waals surface area contributed by atoms with Crippen LogP contribution in [0.3, 0.4) is 0 Å². The van der Waals surface area contributed by atoms with Gasteiger partial charge in [0.05, 0.1) is 11.9 Å². The number of halogens is 1. The molecule has 3 aromatic rings. The van der Waals surface area contributed by atoms with Crippen molar-refractivity contribution in [2.75, 3.05) is 6.54 Å². The number of H-pyrrole nitrogens is 1. The van der Waals surface area contributed by atoms with Gasteiger partial charge in [-0.05, 0) is 62.6 Å². The van der Waals surface area contributed by atoms with Gasteiger partial charge in [0.15, 0.2) is 0 Å². The number of rotatable bonds is 6. The van der Waals surface area contributed by atoms with Crippen LogP contribution in [0.25, 0.3) is 22.0 Å². The van der Waals surface area contributed by atoms with Gasteiger partial charge in [-0.1, -0.05) is 48.0 Å². The summed E-state index contributed by atoms with van der Waals surface area (Å²) in [6.07, 6.45) is 4.18. The zero-order valence-electron chi connectivity index (χ0n) is 18.5. The number of nitrogens with one attached hydrogen (secondary N) is 2. The average molecular weight is 474 g/mol. The van der Waals surface area contributed by atoms with Crippen LogP contribution in [0.4, 0.5) is 4.79 Å². The number of hydrogen-bond acceptors (Lipinski definition) is 3. The number of carbonyl (C=O) groups is 1. The number of unbranched alkanes of at least 4 members (excludes halogenated alkanes) is 1. The molecule has 0 aliphatic rings. The van der Waals surface area contributed by atoms with Crippen molar-refractivity contribution in [1.29, 1.82) is 0 Å². The fraction of sp³-hybridized carbons (Fsp3) is 0.417. The van der Waals surface area contributed by atoms with E-state index in [-0.39, 0.29) is 6.09 Å². The molecule has 30 heavy (non-hydrogen) atoms. The lowest BCUT2D eigenvalue weighted by Gasteiger charge is -2.19. The SMILES string of the molecule is CC.CC(C)(C)OC(=O)NCCCCc1ncc(-c2ccc3cc(Br)ccc3c2)[nH]1. The van der Waals surface area contributed by atoms with Crippen LogP contribution in [-0.4, -0.2) is 28.2 Å². The smallest absolute Gasteiger partial charge is 0.407 e. The van der Waals surface area contributed by atoms with Gasteiger partial charge in [-0.3, -0.25) is 0 Å². The van der Waals surface area contributed by atoms with Crippen LogP contribution in [0, 0.1) is 0 Å². The van der Waals surface area contributed by atoms with Gasteiger partial charge in [-0.2, -0.15) is 0 Å². The number of amides is 1. The first kappa shape index (κ1) is 23.9. The predicted molar refractivity (Wildman–Crippen MR) is 128 cm³/mol. The summed E-state index contributed by atoms with van der Waals surface area (Å²) in [6, 6.07) is 12.7. The summed E-state index contributed by atoms with van der Waals surface area (Å²) in [6.45, 7) is 10.2. The highest BCUT2D eigenvalue weighted by Crippen LogP contribution is 2.25. The Morgan fingerprint density at radius 1 is 1.10 bits per heavy atom. The zero-order chi connectivity index (χ0) is 22.1. The maximum atomic E-state index is 11.6. The summed E-state index contributed by atoms with van der Waals surface area (Å²) < 4.78 is 6.30. The number of carbonyl (C=O) groups excluding carboxylic acids is 1. The molecule has 1 heterocycles. The van der Waals surface area contributed by atoms with Gasteiger partial charge in [0.1, 0.15) is 11.4 Å².